The van der Waals surface area contributed by atoms with E-state index in [0.29, 0.717) is 24.1 Å². The van der Waals surface area contributed by atoms with E-state index in [4.69, 9.17) is 16.3 Å². The number of rotatable bonds is 7. The van der Waals surface area contributed by atoms with Gasteiger partial charge in [0.25, 0.3) is 0 Å². The molecule has 108 valence electrons. The summed E-state index contributed by atoms with van der Waals surface area (Å²) < 4.78 is 5.69. The Morgan fingerprint density at radius 3 is 2.68 bits per heavy atom. The third kappa shape index (κ3) is 6.79. The molecule has 0 aliphatic rings. The molecule has 0 saturated heterocycles. The molecule has 1 aromatic rings. The SMILES string of the molecule is CCCNCc1nc(OCCC(C)(C)C)ccc1Cl. The van der Waals surface area contributed by atoms with Crippen molar-refractivity contribution in [2.45, 2.75) is 47.1 Å². The van der Waals surface area contributed by atoms with E-state index in [9.17, 15) is 0 Å². The molecular weight excluding hydrogens is 260 g/mol. The lowest BCUT2D eigenvalue weighted by molar-refractivity contribution is 0.236. The fourth-order valence-electron chi connectivity index (χ4n) is 1.51. The van der Waals surface area contributed by atoms with Gasteiger partial charge in [-0.2, -0.15) is 0 Å². The quantitative estimate of drug-likeness (QED) is 0.767. The minimum absolute atomic E-state index is 0.276. The molecule has 1 N–H and O–H groups in total. The second-order valence-corrected chi connectivity index (χ2v) is 6.32. The molecule has 0 amide bonds. The van der Waals surface area contributed by atoms with Crippen LogP contribution in [0.4, 0.5) is 0 Å². The van der Waals surface area contributed by atoms with Gasteiger partial charge in [-0.1, -0.05) is 39.3 Å². The van der Waals surface area contributed by atoms with Crippen molar-refractivity contribution in [2.75, 3.05) is 13.2 Å². The van der Waals surface area contributed by atoms with Crippen molar-refractivity contribution in [1.29, 1.82) is 0 Å². The zero-order chi connectivity index (χ0) is 14.3. The fraction of sp³-hybridized carbons (Fsp3) is 0.667. The maximum Gasteiger partial charge on any atom is 0.213 e. The molecule has 3 nitrogen and oxygen atoms in total. The molecule has 19 heavy (non-hydrogen) atoms. The highest BCUT2D eigenvalue weighted by Gasteiger charge is 2.11. The van der Waals surface area contributed by atoms with Gasteiger partial charge in [-0.25, -0.2) is 4.98 Å². The maximum absolute atomic E-state index is 6.12. The molecule has 0 saturated carbocycles. The van der Waals surface area contributed by atoms with Crippen LogP contribution in [0.1, 0.15) is 46.2 Å². The van der Waals surface area contributed by atoms with E-state index in [2.05, 4.69) is 38.0 Å². The van der Waals surface area contributed by atoms with Gasteiger partial charge in [0.2, 0.25) is 5.88 Å². The Morgan fingerprint density at radius 1 is 1.32 bits per heavy atom. The van der Waals surface area contributed by atoms with E-state index in [1.54, 1.807) is 0 Å². The normalized spacial score (nSPS) is 11.6. The summed E-state index contributed by atoms with van der Waals surface area (Å²) >= 11 is 6.12. The fourth-order valence-corrected chi connectivity index (χ4v) is 1.69. The minimum Gasteiger partial charge on any atom is -0.478 e. The van der Waals surface area contributed by atoms with Gasteiger partial charge >= 0.3 is 0 Å². The van der Waals surface area contributed by atoms with Crippen molar-refractivity contribution in [3.63, 3.8) is 0 Å². The van der Waals surface area contributed by atoms with Crippen LogP contribution in [0.5, 0.6) is 5.88 Å². The number of pyridine rings is 1. The van der Waals surface area contributed by atoms with Gasteiger partial charge < -0.3 is 10.1 Å². The number of aromatic nitrogens is 1. The molecular formula is C15H25ClN2O. The van der Waals surface area contributed by atoms with E-state index in [1.165, 1.54) is 0 Å². The second kappa shape index (κ2) is 7.71. The topological polar surface area (TPSA) is 34.2 Å². The summed E-state index contributed by atoms with van der Waals surface area (Å²) in [6, 6.07) is 3.68. The summed E-state index contributed by atoms with van der Waals surface area (Å²) in [6.07, 6.45) is 2.10. The first-order valence-corrected chi connectivity index (χ1v) is 7.29. The molecule has 1 heterocycles. The molecule has 0 aliphatic carbocycles. The van der Waals surface area contributed by atoms with Gasteiger partial charge in [0, 0.05) is 12.6 Å². The van der Waals surface area contributed by atoms with E-state index in [0.717, 1.165) is 25.1 Å². The molecule has 0 radical (unpaired) electrons. The van der Waals surface area contributed by atoms with Crippen molar-refractivity contribution in [3.05, 3.63) is 22.8 Å². The lowest BCUT2D eigenvalue weighted by Crippen LogP contribution is -2.16. The summed E-state index contributed by atoms with van der Waals surface area (Å²) in [5, 5.41) is 3.98. The van der Waals surface area contributed by atoms with Gasteiger partial charge in [0.1, 0.15) is 0 Å². The number of hydrogen-bond acceptors (Lipinski definition) is 3. The number of hydrogen-bond donors (Lipinski definition) is 1. The van der Waals surface area contributed by atoms with Gasteiger partial charge in [0.05, 0.1) is 17.3 Å². The molecule has 0 spiro atoms. The first-order chi connectivity index (χ1) is 8.92. The first kappa shape index (κ1) is 16.3. The van der Waals surface area contributed by atoms with Gasteiger partial charge in [-0.3, -0.25) is 0 Å². The Balaban J connectivity index is 2.53. The van der Waals surface area contributed by atoms with Crippen LogP contribution in [0, 0.1) is 5.41 Å². The smallest absolute Gasteiger partial charge is 0.213 e. The van der Waals surface area contributed by atoms with E-state index >= 15 is 0 Å². The maximum atomic E-state index is 6.12. The monoisotopic (exact) mass is 284 g/mol. The molecule has 0 atom stereocenters. The predicted octanol–water partition coefficient (Wildman–Crippen LogP) is 4.05. The second-order valence-electron chi connectivity index (χ2n) is 5.91. The van der Waals surface area contributed by atoms with Crippen molar-refractivity contribution in [1.82, 2.24) is 10.3 Å². The van der Waals surface area contributed by atoms with Crippen LogP contribution >= 0.6 is 11.6 Å². The summed E-state index contributed by atoms with van der Waals surface area (Å²) in [5.41, 5.74) is 1.13. The molecule has 0 aliphatic heterocycles. The van der Waals surface area contributed by atoms with Crippen molar-refractivity contribution in [2.24, 2.45) is 5.41 Å². The van der Waals surface area contributed by atoms with E-state index < -0.39 is 0 Å². The average molecular weight is 285 g/mol. The summed E-state index contributed by atoms with van der Waals surface area (Å²) in [4.78, 5) is 4.45. The number of nitrogens with one attached hydrogen (secondary N) is 1. The Hall–Kier alpha value is -0.800. The van der Waals surface area contributed by atoms with Gasteiger partial charge in [-0.05, 0) is 30.9 Å². The van der Waals surface area contributed by atoms with Crippen LogP contribution in [0.25, 0.3) is 0 Å². The largest absolute Gasteiger partial charge is 0.478 e. The zero-order valence-corrected chi connectivity index (χ0v) is 13.2. The Bertz CT molecular complexity index is 388. The van der Waals surface area contributed by atoms with Crippen LogP contribution < -0.4 is 10.1 Å². The molecule has 1 aromatic heterocycles. The highest BCUT2D eigenvalue weighted by molar-refractivity contribution is 6.31. The Labute approximate surface area is 121 Å². The average Bonchev–Trinajstić information content (AvgIpc) is 2.31. The highest BCUT2D eigenvalue weighted by atomic mass is 35.5. The first-order valence-electron chi connectivity index (χ1n) is 6.91. The van der Waals surface area contributed by atoms with Gasteiger partial charge in [-0.15, -0.1) is 0 Å². The van der Waals surface area contributed by atoms with Crippen molar-refractivity contribution < 1.29 is 4.74 Å². The van der Waals surface area contributed by atoms with Crippen LogP contribution in [-0.2, 0) is 6.54 Å². The molecule has 1 rings (SSSR count). The summed E-state index contributed by atoms with van der Waals surface area (Å²) in [5.74, 6) is 0.655. The molecule has 0 unspecified atom stereocenters. The lowest BCUT2D eigenvalue weighted by Gasteiger charge is -2.18. The predicted molar refractivity (Wildman–Crippen MR) is 80.8 cm³/mol. The Morgan fingerprint density at radius 2 is 2.05 bits per heavy atom. The van der Waals surface area contributed by atoms with Crippen molar-refractivity contribution >= 4 is 11.6 Å². The number of ether oxygens (including phenoxy) is 1. The molecule has 0 fully saturated rings. The molecule has 0 bridgehead atoms. The number of halogens is 1. The third-order valence-corrected chi connectivity index (χ3v) is 3.06. The zero-order valence-electron chi connectivity index (χ0n) is 12.4. The number of nitrogens with zero attached hydrogens (tertiary/aromatic N) is 1. The van der Waals surface area contributed by atoms with E-state index in [1.807, 2.05) is 12.1 Å². The summed E-state index contributed by atoms with van der Waals surface area (Å²) in [6.45, 7) is 11.1. The van der Waals surface area contributed by atoms with E-state index in [-0.39, 0.29) is 5.41 Å². The molecule has 4 heteroatoms. The van der Waals surface area contributed by atoms with Crippen LogP contribution in [-0.4, -0.2) is 18.1 Å². The lowest BCUT2D eigenvalue weighted by atomic mass is 9.93. The van der Waals surface area contributed by atoms with Crippen LogP contribution in [0.2, 0.25) is 5.02 Å². The standard InChI is InChI=1S/C15H25ClN2O/c1-5-9-17-11-13-12(16)6-7-14(18-13)19-10-8-15(2,3)4/h6-7,17H,5,8-11H2,1-4H3. The highest BCUT2D eigenvalue weighted by Crippen LogP contribution is 2.21. The third-order valence-electron chi connectivity index (χ3n) is 2.71. The van der Waals surface area contributed by atoms with Gasteiger partial charge in [0.15, 0.2) is 0 Å². The van der Waals surface area contributed by atoms with Crippen molar-refractivity contribution in [3.8, 4) is 5.88 Å². The van der Waals surface area contributed by atoms with Crippen LogP contribution in [0.3, 0.4) is 0 Å². The Kier molecular flexibility index (Phi) is 6.59. The minimum atomic E-state index is 0.276. The molecule has 0 aromatic carbocycles. The summed E-state index contributed by atoms with van der Waals surface area (Å²) in [7, 11) is 0. The van der Waals surface area contributed by atoms with Crippen LogP contribution in [0.15, 0.2) is 12.1 Å².